The second-order valence-electron chi connectivity index (χ2n) is 5.15. The molecule has 1 aromatic heterocycles. The number of thiophene rings is 1. The third kappa shape index (κ3) is 4.27. The molecular weight excluding hydrogens is 280 g/mol. The van der Waals surface area contributed by atoms with Crippen molar-refractivity contribution in [3.63, 3.8) is 0 Å². The molecule has 1 aliphatic rings. The molecular formula is C13H22N2O2S2. The first-order chi connectivity index (χ1) is 9.03. The zero-order chi connectivity index (χ0) is 13.9. The highest BCUT2D eigenvalue weighted by molar-refractivity contribution is 7.89. The lowest BCUT2D eigenvalue weighted by Gasteiger charge is -2.05. The van der Waals surface area contributed by atoms with Crippen LogP contribution in [0, 0.1) is 12.8 Å². The van der Waals surface area contributed by atoms with E-state index in [0.717, 1.165) is 28.5 Å². The summed E-state index contributed by atoms with van der Waals surface area (Å²) in [6, 6.07) is 1.78. The van der Waals surface area contributed by atoms with Crippen molar-refractivity contribution in [1.29, 1.82) is 0 Å². The van der Waals surface area contributed by atoms with Gasteiger partial charge >= 0.3 is 0 Å². The van der Waals surface area contributed by atoms with Crippen LogP contribution < -0.4 is 10.0 Å². The van der Waals surface area contributed by atoms with Gasteiger partial charge in [0.15, 0.2) is 0 Å². The molecule has 1 fully saturated rings. The standard InChI is InChI=1S/C13H22N2O2S2/c1-10-13(8-12(18-10)9-14-2)19(16,17)15-7-3-4-11-5-6-11/h8,11,14-15H,3-7,9H2,1-2H3. The third-order valence-electron chi connectivity index (χ3n) is 3.34. The highest BCUT2D eigenvalue weighted by Crippen LogP contribution is 2.33. The van der Waals surface area contributed by atoms with E-state index in [0.29, 0.717) is 18.0 Å². The van der Waals surface area contributed by atoms with Crippen molar-refractivity contribution in [2.24, 2.45) is 5.92 Å². The van der Waals surface area contributed by atoms with E-state index in [4.69, 9.17) is 0 Å². The SMILES string of the molecule is CNCc1cc(S(=O)(=O)NCCCC2CC2)c(C)s1. The lowest BCUT2D eigenvalue weighted by atomic mass is 10.2. The predicted octanol–water partition coefficient (Wildman–Crippen LogP) is 2.24. The first-order valence-corrected chi connectivity index (χ1v) is 9.06. The van der Waals surface area contributed by atoms with Crippen molar-refractivity contribution >= 4 is 21.4 Å². The van der Waals surface area contributed by atoms with Gasteiger partial charge in [0.1, 0.15) is 0 Å². The lowest BCUT2D eigenvalue weighted by Crippen LogP contribution is -2.25. The lowest BCUT2D eigenvalue weighted by molar-refractivity contribution is 0.572. The van der Waals surface area contributed by atoms with Crippen LogP contribution in [0.15, 0.2) is 11.0 Å². The Balaban J connectivity index is 1.93. The van der Waals surface area contributed by atoms with Crippen LogP contribution in [0.1, 0.15) is 35.4 Å². The summed E-state index contributed by atoms with van der Waals surface area (Å²) in [5.74, 6) is 0.856. The fourth-order valence-corrected chi connectivity index (χ4v) is 4.85. The smallest absolute Gasteiger partial charge is 0.241 e. The number of rotatable bonds is 8. The molecule has 0 bridgehead atoms. The number of hydrogen-bond acceptors (Lipinski definition) is 4. The highest BCUT2D eigenvalue weighted by Gasteiger charge is 2.22. The van der Waals surface area contributed by atoms with Gasteiger partial charge in [0.2, 0.25) is 10.0 Å². The molecule has 4 nitrogen and oxygen atoms in total. The molecule has 0 amide bonds. The molecule has 0 unspecified atom stereocenters. The van der Waals surface area contributed by atoms with Gasteiger partial charge in [0, 0.05) is 22.8 Å². The minimum atomic E-state index is -3.33. The quantitative estimate of drug-likeness (QED) is 0.724. The molecule has 0 saturated heterocycles. The maximum absolute atomic E-state index is 12.2. The van der Waals surface area contributed by atoms with E-state index in [9.17, 15) is 8.42 Å². The second kappa shape index (κ2) is 6.35. The molecule has 19 heavy (non-hydrogen) atoms. The van der Waals surface area contributed by atoms with E-state index < -0.39 is 10.0 Å². The van der Waals surface area contributed by atoms with Gasteiger partial charge in [-0.15, -0.1) is 11.3 Å². The number of hydrogen-bond donors (Lipinski definition) is 2. The van der Waals surface area contributed by atoms with Gasteiger partial charge in [-0.05, 0) is 38.8 Å². The van der Waals surface area contributed by atoms with Crippen LogP contribution >= 0.6 is 11.3 Å². The average Bonchev–Trinajstić information content (AvgIpc) is 3.09. The van der Waals surface area contributed by atoms with Crippen molar-refractivity contribution in [3.8, 4) is 0 Å². The van der Waals surface area contributed by atoms with Gasteiger partial charge in [-0.2, -0.15) is 0 Å². The summed E-state index contributed by atoms with van der Waals surface area (Å²) in [6.45, 7) is 3.13. The molecule has 108 valence electrons. The fraction of sp³-hybridized carbons (Fsp3) is 0.692. The van der Waals surface area contributed by atoms with Crippen molar-refractivity contribution in [2.75, 3.05) is 13.6 Å². The van der Waals surface area contributed by atoms with Crippen LogP contribution in [-0.4, -0.2) is 22.0 Å². The van der Waals surface area contributed by atoms with Crippen LogP contribution in [0.2, 0.25) is 0 Å². The summed E-state index contributed by atoms with van der Waals surface area (Å²) in [5.41, 5.74) is 0. The van der Waals surface area contributed by atoms with Gasteiger partial charge in [0.25, 0.3) is 0 Å². The second-order valence-corrected chi connectivity index (χ2v) is 8.22. The maximum Gasteiger partial charge on any atom is 0.241 e. The molecule has 0 atom stereocenters. The molecule has 6 heteroatoms. The molecule has 1 aromatic rings. The first kappa shape index (κ1) is 15.0. The minimum Gasteiger partial charge on any atom is -0.315 e. The fourth-order valence-electron chi connectivity index (χ4n) is 2.13. The Bertz CT molecular complexity index is 519. The summed E-state index contributed by atoms with van der Waals surface area (Å²) in [5, 5.41) is 3.04. The van der Waals surface area contributed by atoms with Gasteiger partial charge in [0.05, 0.1) is 4.90 Å². The molecule has 1 saturated carbocycles. The zero-order valence-corrected chi connectivity index (χ0v) is 13.2. The summed E-state index contributed by atoms with van der Waals surface area (Å²) >= 11 is 1.54. The molecule has 0 spiro atoms. The van der Waals surface area contributed by atoms with Crippen molar-refractivity contribution in [2.45, 2.75) is 44.0 Å². The van der Waals surface area contributed by atoms with Crippen LogP contribution in [0.3, 0.4) is 0 Å². The maximum atomic E-state index is 12.2. The van der Waals surface area contributed by atoms with Gasteiger partial charge in [-0.3, -0.25) is 0 Å². The van der Waals surface area contributed by atoms with E-state index in [1.165, 1.54) is 24.2 Å². The van der Waals surface area contributed by atoms with E-state index in [1.807, 2.05) is 14.0 Å². The van der Waals surface area contributed by atoms with Crippen molar-refractivity contribution in [1.82, 2.24) is 10.0 Å². The van der Waals surface area contributed by atoms with Crippen LogP contribution in [0.5, 0.6) is 0 Å². The average molecular weight is 302 g/mol. The molecule has 0 aromatic carbocycles. The van der Waals surface area contributed by atoms with Gasteiger partial charge < -0.3 is 5.32 Å². The number of nitrogens with one attached hydrogen (secondary N) is 2. The molecule has 2 N–H and O–H groups in total. The normalized spacial score (nSPS) is 15.9. The van der Waals surface area contributed by atoms with E-state index in [1.54, 1.807) is 6.07 Å². The third-order valence-corrected chi connectivity index (χ3v) is 6.11. The Morgan fingerprint density at radius 2 is 2.16 bits per heavy atom. The molecule has 2 rings (SSSR count). The summed E-state index contributed by atoms with van der Waals surface area (Å²) in [7, 11) is -1.47. The summed E-state index contributed by atoms with van der Waals surface area (Å²) in [6.07, 6.45) is 4.74. The first-order valence-electron chi connectivity index (χ1n) is 6.76. The highest BCUT2D eigenvalue weighted by atomic mass is 32.2. The van der Waals surface area contributed by atoms with Crippen LogP contribution in [0.4, 0.5) is 0 Å². The Kier molecular flexibility index (Phi) is 5.00. The minimum absolute atomic E-state index is 0.439. The Morgan fingerprint density at radius 3 is 2.79 bits per heavy atom. The molecule has 1 aliphatic carbocycles. The van der Waals surface area contributed by atoms with E-state index in [-0.39, 0.29) is 0 Å². The zero-order valence-electron chi connectivity index (χ0n) is 11.5. The molecule has 1 heterocycles. The van der Waals surface area contributed by atoms with Gasteiger partial charge in [-0.1, -0.05) is 12.8 Å². The largest absolute Gasteiger partial charge is 0.315 e. The molecule has 0 aliphatic heterocycles. The summed E-state index contributed by atoms with van der Waals surface area (Å²) < 4.78 is 27.1. The van der Waals surface area contributed by atoms with Gasteiger partial charge in [-0.25, -0.2) is 13.1 Å². The summed E-state index contributed by atoms with van der Waals surface area (Å²) in [4.78, 5) is 2.35. The monoisotopic (exact) mass is 302 g/mol. The number of aryl methyl sites for hydroxylation is 1. The Hall–Kier alpha value is -0.430. The number of sulfonamides is 1. The van der Waals surface area contributed by atoms with Crippen LogP contribution in [-0.2, 0) is 16.6 Å². The Labute approximate surface area is 119 Å². The van der Waals surface area contributed by atoms with E-state index >= 15 is 0 Å². The van der Waals surface area contributed by atoms with E-state index in [2.05, 4.69) is 10.0 Å². The van der Waals surface area contributed by atoms with Crippen LogP contribution in [0.25, 0.3) is 0 Å². The molecule has 0 radical (unpaired) electrons. The van der Waals surface area contributed by atoms with Crippen molar-refractivity contribution in [3.05, 3.63) is 15.8 Å². The Morgan fingerprint density at radius 1 is 1.42 bits per heavy atom. The predicted molar refractivity (Wildman–Crippen MR) is 79.0 cm³/mol. The topological polar surface area (TPSA) is 58.2 Å². The van der Waals surface area contributed by atoms with Crippen molar-refractivity contribution < 1.29 is 8.42 Å².